The number of fused-ring (bicyclic) bond motifs is 1. The van der Waals surface area contributed by atoms with Crippen LogP contribution in [-0.4, -0.2) is 18.4 Å². The van der Waals surface area contributed by atoms with Crippen LogP contribution < -0.4 is 15.0 Å². The van der Waals surface area contributed by atoms with Crippen molar-refractivity contribution in [1.29, 1.82) is 0 Å². The summed E-state index contributed by atoms with van der Waals surface area (Å²) in [7, 11) is 0. The van der Waals surface area contributed by atoms with Gasteiger partial charge in [-0.1, -0.05) is 30.3 Å². The van der Waals surface area contributed by atoms with Gasteiger partial charge in [0.15, 0.2) is 6.61 Å². The number of carbonyl (C=O) groups excluding carboxylic acids is 2. The number of anilines is 2. The van der Waals surface area contributed by atoms with Crippen LogP contribution in [0.1, 0.15) is 15.9 Å². The van der Waals surface area contributed by atoms with Gasteiger partial charge in [-0.05, 0) is 48.0 Å². The van der Waals surface area contributed by atoms with Crippen LogP contribution in [0.5, 0.6) is 5.75 Å². The smallest absolute Gasteiger partial charge is 0.265 e. The van der Waals surface area contributed by atoms with E-state index < -0.39 is 0 Å². The Morgan fingerprint density at radius 3 is 2.54 bits per heavy atom. The summed E-state index contributed by atoms with van der Waals surface area (Å²) in [6.45, 7) is 0.347. The van der Waals surface area contributed by atoms with Crippen LogP contribution in [0.3, 0.4) is 0 Å². The molecule has 0 spiro atoms. The molecule has 0 saturated carbocycles. The predicted octanol–water partition coefficient (Wildman–Crippen LogP) is 4.00. The van der Waals surface area contributed by atoms with Crippen LogP contribution in [0.4, 0.5) is 15.8 Å². The van der Waals surface area contributed by atoms with E-state index in [4.69, 9.17) is 4.74 Å². The number of nitrogens with one attached hydrogen (secondary N) is 1. The topological polar surface area (TPSA) is 58.6 Å². The number of nitrogens with zero attached hydrogens (tertiary/aromatic N) is 1. The predicted molar refractivity (Wildman–Crippen MR) is 104 cm³/mol. The lowest BCUT2D eigenvalue weighted by Crippen LogP contribution is -2.38. The summed E-state index contributed by atoms with van der Waals surface area (Å²) in [5.74, 6) is -0.354. The maximum Gasteiger partial charge on any atom is 0.265 e. The molecule has 140 valence electrons. The number of rotatable bonds is 4. The van der Waals surface area contributed by atoms with Crippen LogP contribution >= 0.6 is 0 Å². The van der Waals surface area contributed by atoms with Crippen molar-refractivity contribution in [3.05, 3.63) is 89.7 Å². The van der Waals surface area contributed by atoms with E-state index in [0.29, 0.717) is 29.2 Å². The SMILES string of the molecule is O=C(Nc1ccc(F)cc1)c1ccc2c(c1)N(Cc1ccccc1)C(=O)CO2. The Bertz CT molecular complexity index is 1020. The lowest BCUT2D eigenvalue weighted by Gasteiger charge is -2.29. The third-order valence-corrected chi connectivity index (χ3v) is 4.45. The average molecular weight is 376 g/mol. The van der Waals surface area contributed by atoms with E-state index in [2.05, 4.69) is 5.32 Å². The van der Waals surface area contributed by atoms with Crippen LogP contribution in [0.2, 0.25) is 0 Å². The highest BCUT2D eigenvalue weighted by atomic mass is 19.1. The standard InChI is InChI=1S/C22H17FN2O3/c23-17-7-9-18(10-8-17)24-22(27)16-6-11-20-19(12-16)25(21(26)14-28-20)13-15-4-2-1-3-5-15/h1-12H,13-14H2,(H,24,27). The minimum Gasteiger partial charge on any atom is -0.482 e. The summed E-state index contributed by atoms with van der Waals surface area (Å²) >= 11 is 0. The maximum absolute atomic E-state index is 13.0. The van der Waals surface area contributed by atoms with Crippen LogP contribution in [-0.2, 0) is 11.3 Å². The molecule has 1 aliphatic rings. The van der Waals surface area contributed by atoms with Gasteiger partial charge in [-0.15, -0.1) is 0 Å². The third kappa shape index (κ3) is 3.71. The first-order valence-electron chi connectivity index (χ1n) is 8.78. The number of benzene rings is 3. The fourth-order valence-electron chi connectivity index (χ4n) is 3.02. The van der Waals surface area contributed by atoms with Crippen molar-refractivity contribution in [3.63, 3.8) is 0 Å². The number of hydrogen-bond acceptors (Lipinski definition) is 3. The Morgan fingerprint density at radius 1 is 1.04 bits per heavy atom. The molecule has 0 unspecified atom stereocenters. The molecular formula is C22H17FN2O3. The second-order valence-electron chi connectivity index (χ2n) is 6.40. The molecule has 5 nitrogen and oxygen atoms in total. The highest BCUT2D eigenvalue weighted by Gasteiger charge is 2.26. The number of carbonyl (C=O) groups is 2. The van der Waals surface area contributed by atoms with E-state index in [-0.39, 0.29) is 24.2 Å². The van der Waals surface area contributed by atoms with Gasteiger partial charge in [0.25, 0.3) is 11.8 Å². The highest BCUT2D eigenvalue weighted by Crippen LogP contribution is 2.34. The summed E-state index contributed by atoms with van der Waals surface area (Å²) < 4.78 is 18.5. The first kappa shape index (κ1) is 17.7. The number of amides is 2. The first-order chi connectivity index (χ1) is 13.6. The number of hydrogen-bond donors (Lipinski definition) is 1. The summed E-state index contributed by atoms with van der Waals surface area (Å²) in [5, 5.41) is 2.72. The lowest BCUT2D eigenvalue weighted by molar-refractivity contribution is -0.121. The largest absolute Gasteiger partial charge is 0.482 e. The van der Waals surface area contributed by atoms with Crippen molar-refractivity contribution in [1.82, 2.24) is 0 Å². The van der Waals surface area contributed by atoms with Crippen LogP contribution in [0.25, 0.3) is 0 Å². The van der Waals surface area contributed by atoms with E-state index in [1.165, 1.54) is 24.3 Å². The van der Waals surface area contributed by atoms with Crippen molar-refractivity contribution < 1.29 is 18.7 Å². The third-order valence-electron chi connectivity index (χ3n) is 4.45. The second kappa shape index (κ2) is 7.52. The Morgan fingerprint density at radius 2 is 1.79 bits per heavy atom. The summed E-state index contributed by atoms with van der Waals surface area (Å²) in [5.41, 5.74) is 2.38. The van der Waals surface area contributed by atoms with Gasteiger partial charge >= 0.3 is 0 Å². The second-order valence-corrected chi connectivity index (χ2v) is 6.40. The molecule has 1 N–H and O–H groups in total. The molecular weight excluding hydrogens is 359 g/mol. The number of halogens is 1. The Balaban J connectivity index is 1.61. The van der Waals surface area contributed by atoms with E-state index >= 15 is 0 Å². The molecule has 0 bridgehead atoms. The monoisotopic (exact) mass is 376 g/mol. The number of ether oxygens (including phenoxy) is 1. The van der Waals surface area contributed by atoms with Gasteiger partial charge in [-0.25, -0.2) is 4.39 Å². The molecule has 4 rings (SSSR count). The summed E-state index contributed by atoms with van der Waals surface area (Å²) in [6.07, 6.45) is 0. The molecule has 0 saturated heterocycles. The zero-order valence-electron chi connectivity index (χ0n) is 14.9. The molecule has 0 fully saturated rings. The molecule has 1 aliphatic heterocycles. The average Bonchev–Trinajstić information content (AvgIpc) is 2.72. The molecule has 1 heterocycles. The minimum absolute atomic E-state index is 0.0407. The zero-order valence-corrected chi connectivity index (χ0v) is 14.9. The molecule has 28 heavy (non-hydrogen) atoms. The highest BCUT2D eigenvalue weighted by molar-refractivity contribution is 6.06. The van der Waals surface area contributed by atoms with Crippen molar-refractivity contribution in [2.24, 2.45) is 0 Å². The zero-order chi connectivity index (χ0) is 19.5. The van der Waals surface area contributed by atoms with Gasteiger partial charge in [0, 0.05) is 11.3 Å². The van der Waals surface area contributed by atoms with Crippen molar-refractivity contribution in [2.75, 3.05) is 16.8 Å². The van der Waals surface area contributed by atoms with Crippen LogP contribution in [0, 0.1) is 5.82 Å². The van der Waals surface area contributed by atoms with Gasteiger partial charge in [-0.3, -0.25) is 9.59 Å². The van der Waals surface area contributed by atoms with Gasteiger partial charge in [-0.2, -0.15) is 0 Å². The van der Waals surface area contributed by atoms with Gasteiger partial charge < -0.3 is 15.0 Å². The maximum atomic E-state index is 13.0. The molecule has 0 radical (unpaired) electrons. The van der Waals surface area contributed by atoms with E-state index in [0.717, 1.165) is 5.56 Å². The fourth-order valence-corrected chi connectivity index (χ4v) is 3.02. The van der Waals surface area contributed by atoms with Crippen molar-refractivity contribution >= 4 is 23.2 Å². The minimum atomic E-state index is -0.376. The lowest BCUT2D eigenvalue weighted by atomic mass is 10.1. The van der Waals surface area contributed by atoms with E-state index in [1.807, 2.05) is 30.3 Å². The molecule has 2 amide bonds. The Hall–Kier alpha value is -3.67. The van der Waals surface area contributed by atoms with E-state index in [9.17, 15) is 14.0 Å². The molecule has 6 heteroatoms. The summed E-state index contributed by atoms with van der Waals surface area (Å²) in [4.78, 5) is 26.6. The van der Waals surface area contributed by atoms with Crippen LogP contribution in [0.15, 0.2) is 72.8 Å². The van der Waals surface area contributed by atoms with Gasteiger partial charge in [0.1, 0.15) is 11.6 Å². The Kier molecular flexibility index (Phi) is 4.76. The first-order valence-corrected chi connectivity index (χ1v) is 8.78. The van der Waals surface area contributed by atoms with Gasteiger partial charge in [0.05, 0.1) is 12.2 Å². The quantitative estimate of drug-likeness (QED) is 0.749. The fraction of sp³-hybridized carbons (Fsp3) is 0.0909. The molecule has 0 aliphatic carbocycles. The molecule has 3 aromatic rings. The van der Waals surface area contributed by atoms with Crippen molar-refractivity contribution in [3.8, 4) is 5.75 Å². The van der Waals surface area contributed by atoms with E-state index in [1.54, 1.807) is 23.1 Å². The molecule has 0 atom stereocenters. The Labute approximate surface area is 161 Å². The van der Waals surface area contributed by atoms with Gasteiger partial charge in [0.2, 0.25) is 0 Å². The van der Waals surface area contributed by atoms with Crippen molar-refractivity contribution in [2.45, 2.75) is 6.54 Å². The molecule has 0 aromatic heterocycles. The molecule has 3 aromatic carbocycles. The normalized spacial score (nSPS) is 12.9. The summed E-state index contributed by atoms with van der Waals surface area (Å²) in [6, 6.07) is 20.1.